The second-order valence-electron chi connectivity index (χ2n) is 3.74. The molecule has 0 saturated carbocycles. The first-order valence-corrected chi connectivity index (χ1v) is 7.16. The van der Waals surface area contributed by atoms with Gasteiger partial charge in [-0.2, -0.15) is 5.10 Å². The number of aromatic nitrogens is 3. The standard InChI is InChI=1S/C11H12BrN5OS/c1-17-11(14-6-15-17)19-5-10(18)16-9-3-2-7(13)4-8(9)12/h2-4,6H,5,13H2,1H3,(H,16,18). The van der Waals surface area contributed by atoms with Crippen molar-refractivity contribution in [3.8, 4) is 0 Å². The minimum Gasteiger partial charge on any atom is -0.399 e. The summed E-state index contributed by atoms with van der Waals surface area (Å²) in [5, 5.41) is 7.43. The van der Waals surface area contributed by atoms with Gasteiger partial charge in [-0.25, -0.2) is 9.67 Å². The van der Waals surface area contributed by atoms with Crippen LogP contribution in [0.5, 0.6) is 0 Å². The summed E-state index contributed by atoms with van der Waals surface area (Å²) < 4.78 is 2.38. The van der Waals surface area contributed by atoms with E-state index in [4.69, 9.17) is 5.73 Å². The van der Waals surface area contributed by atoms with Crippen LogP contribution in [0.25, 0.3) is 0 Å². The maximum absolute atomic E-state index is 11.8. The number of nitrogens with zero attached hydrogens (tertiary/aromatic N) is 3. The van der Waals surface area contributed by atoms with Gasteiger partial charge in [0, 0.05) is 17.2 Å². The molecule has 1 aromatic carbocycles. The molecule has 0 aliphatic rings. The highest BCUT2D eigenvalue weighted by Gasteiger charge is 2.08. The largest absolute Gasteiger partial charge is 0.399 e. The fraction of sp³-hybridized carbons (Fsp3) is 0.182. The highest BCUT2D eigenvalue weighted by atomic mass is 79.9. The number of aryl methyl sites for hydroxylation is 1. The van der Waals surface area contributed by atoms with Gasteiger partial charge in [-0.1, -0.05) is 11.8 Å². The second kappa shape index (κ2) is 6.07. The Morgan fingerprint density at radius 1 is 1.58 bits per heavy atom. The molecule has 0 spiro atoms. The lowest BCUT2D eigenvalue weighted by molar-refractivity contribution is -0.113. The van der Waals surface area contributed by atoms with E-state index >= 15 is 0 Å². The zero-order valence-corrected chi connectivity index (χ0v) is 12.5. The second-order valence-corrected chi connectivity index (χ2v) is 5.54. The molecule has 6 nitrogen and oxygen atoms in total. The third kappa shape index (κ3) is 3.71. The van der Waals surface area contributed by atoms with E-state index in [1.807, 2.05) is 0 Å². The van der Waals surface area contributed by atoms with Crippen LogP contribution in [-0.2, 0) is 11.8 Å². The van der Waals surface area contributed by atoms with Gasteiger partial charge in [0.2, 0.25) is 5.91 Å². The van der Waals surface area contributed by atoms with Crippen LogP contribution in [0, 0.1) is 0 Å². The lowest BCUT2D eigenvalue weighted by Crippen LogP contribution is -2.15. The topological polar surface area (TPSA) is 85.8 Å². The Balaban J connectivity index is 1.93. The van der Waals surface area contributed by atoms with Crippen molar-refractivity contribution in [2.45, 2.75) is 5.16 Å². The van der Waals surface area contributed by atoms with Crippen LogP contribution >= 0.6 is 27.7 Å². The van der Waals surface area contributed by atoms with Crippen molar-refractivity contribution in [3.63, 3.8) is 0 Å². The summed E-state index contributed by atoms with van der Waals surface area (Å²) in [6, 6.07) is 5.23. The molecular weight excluding hydrogens is 330 g/mol. The molecule has 0 atom stereocenters. The quantitative estimate of drug-likeness (QED) is 0.655. The van der Waals surface area contributed by atoms with Crippen LogP contribution in [0.1, 0.15) is 0 Å². The number of nitrogens with one attached hydrogen (secondary N) is 1. The average Bonchev–Trinajstić information content (AvgIpc) is 2.76. The van der Waals surface area contributed by atoms with Crippen molar-refractivity contribution in [3.05, 3.63) is 29.0 Å². The zero-order chi connectivity index (χ0) is 13.8. The van der Waals surface area contributed by atoms with Gasteiger partial charge in [-0.3, -0.25) is 4.79 Å². The lowest BCUT2D eigenvalue weighted by atomic mass is 10.3. The Morgan fingerprint density at radius 3 is 3.00 bits per heavy atom. The van der Waals surface area contributed by atoms with Gasteiger partial charge in [0.1, 0.15) is 6.33 Å². The fourth-order valence-corrected chi connectivity index (χ4v) is 2.55. The number of anilines is 2. The predicted molar refractivity (Wildman–Crippen MR) is 78.9 cm³/mol. The molecule has 0 fully saturated rings. The summed E-state index contributed by atoms with van der Waals surface area (Å²) in [6.45, 7) is 0. The molecule has 0 bridgehead atoms. The molecule has 2 aromatic rings. The smallest absolute Gasteiger partial charge is 0.234 e. The Morgan fingerprint density at radius 2 is 2.37 bits per heavy atom. The number of carbonyl (C=O) groups is 1. The van der Waals surface area contributed by atoms with Crippen LogP contribution in [0.4, 0.5) is 11.4 Å². The van der Waals surface area contributed by atoms with Gasteiger partial charge >= 0.3 is 0 Å². The first-order valence-electron chi connectivity index (χ1n) is 5.38. The Bertz CT molecular complexity index is 601. The van der Waals surface area contributed by atoms with Gasteiger partial charge in [0.15, 0.2) is 5.16 Å². The summed E-state index contributed by atoms with van der Waals surface area (Å²) in [7, 11) is 1.78. The van der Waals surface area contributed by atoms with E-state index in [0.29, 0.717) is 16.5 Å². The number of thioether (sulfide) groups is 1. The molecule has 0 unspecified atom stereocenters. The summed E-state index contributed by atoms with van der Waals surface area (Å²) in [5.74, 6) is 0.155. The Kier molecular flexibility index (Phi) is 4.43. The van der Waals surface area contributed by atoms with Gasteiger partial charge in [-0.05, 0) is 34.1 Å². The minimum atomic E-state index is -0.113. The molecule has 100 valence electrons. The van der Waals surface area contributed by atoms with E-state index < -0.39 is 0 Å². The highest BCUT2D eigenvalue weighted by Crippen LogP contribution is 2.25. The van der Waals surface area contributed by atoms with Crippen molar-refractivity contribution < 1.29 is 4.79 Å². The number of halogens is 1. The molecule has 0 aliphatic carbocycles. The number of rotatable bonds is 4. The summed E-state index contributed by atoms with van der Waals surface area (Å²) in [6.07, 6.45) is 1.46. The molecule has 0 radical (unpaired) electrons. The summed E-state index contributed by atoms with van der Waals surface area (Å²) in [5.41, 5.74) is 6.96. The van der Waals surface area contributed by atoms with Crippen molar-refractivity contribution in [1.82, 2.24) is 14.8 Å². The zero-order valence-electron chi connectivity index (χ0n) is 10.1. The van der Waals surface area contributed by atoms with Crippen LogP contribution in [0.2, 0.25) is 0 Å². The molecule has 0 aliphatic heterocycles. The number of nitrogen functional groups attached to an aromatic ring is 1. The number of benzene rings is 1. The van der Waals surface area contributed by atoms with E-state index in [9.17, 15) is 4.79 Å². The lowest BCUT2D eigenvalue weighted by Gasteiger charge is -2.07. The molecule has 1 amide bonds. The summed E-state index contributed by atoms with van der Waals surface area (Å²) in [4.78, 5) is 15.8. The molecule has 8 heteroatoms. The molecule has 2 rings (SSSR count). The van der Waals surface area contributed by atoms with Crippen molar-refractivity contribution >= 4 is 45.0 Å². The third-order valence-electron chi connectivity index (χ3n) is 2.27. The molecule has 1 aromatic heterocycles. The Labute approximate surface area is 122 Å². The van der Waals surface area contributed by atoms with E-state index in [1.54, 1.807) is 29.9 Å². The van der Waals surface area contributed by atoms with Gasteiger partial charge < -0.3 is 11.1 Å². The molecule has 1 heterocycles. The van der Waals surface area contributed by atoms with Gasteiger partial charge in [0.25, 0.3) is 0 Å². The number of carbonyl (C=O) groups excluding carboxylic acids is 1. The van der Waals surface area contributed by atoms with Gasteiger partial charge in [0.05, 0.1) is 11.4 Å². The number of amides is 1. The number of nitrogens with two attached hydrogens (primary N) is 1. The molecule has 0 saturated heterocycles. The fourth-order valence-electron chi connectivity index (χ4n) is 1.37. The molecular formula is C11H12BrN5OS. The van der Waals surface area contributed by atoms with Crippen molar-refractivity contribution in [1.29, 1.82) is 0 Å². The maximum atomic E-state index is 11.8. The summed E-state index contributed by atoms with van der Waals surface area (Å²) >= 11 is 4.68. The van der Waals surface area contributed by atoms with E-state index in [1.165, 1.54) is 18.1 Å². The van der Waals surface area contributed by atoms with Crippen LogP contribution in [-0.4, -0.2) is 26.4 Å². The third-order valence-corrected chi connectivity index (χ3v) is 3.96. The SMILES string of the molecule is Cn1ncnc1SCC(=O)Nc1ccc(N)cc1Br. The number of hydrogen-bond donors (Lipinski definition) is 2. The first kappa shape index (κ1) is 13.9. The normalized spacial score (nSPS) is 10.4. The van der Waals surface area contributed by atoms with Crippen molar-refractivity contribution in [2.24, 2.45) is 7.05 Å². The predicted octanol–water partition coefficient (Wildman–Crippen LogP) is 1.89. The van der Waals surface area contributed by atoms with E-state index in [0.717, 1.165) is 4.47 Å². The van der Waals surface area contributed by atoms with E-state index in [2.05, 4.69) is 31.3 Å². The molecule has 3 N–H and O–H groups in total. The van der Waals surface area contributed by atoms with Crippen LogP contribution in [0.15, 0.2) is 34.2 Å². The van der Waals surface area contributed by atoms with Crippen molar-refractivity contribution in [2.75, 3.05) is 16.8 Å². The number of hydrogen-bond acceptors (Lipinski definition) is 5. The average molecular weight is 342 g/mol. The van der Waals surface area contributed by atoms with E-state index in [-0.39, 0.29) is 11.7 Å². The highest BCUT2D eigenvalue weighted by molar-refractivity contribution is 9.10. The Hall–Kier alpha value is -1.54. The monoisotopic (exact) mass is 341 g/mol. The minimum absolute atomic E-state index is 0.113. The van der Waals surface area contributed by atoms with Crippen LogP contribution < -0.4 is 11.1 Å². The first-order chi connectivity index (χ1) is 9.06. The maximum Gasteiger partial charge on any atom is 0.234 e. The van der Waals surface area contributed by atoms with Crippen LogP contribution in [0.3, 0.4) is 0 Å². The van der Waals surface area contributed by atoms with Gasteiger partial charge in [-0.15, -0.1) is 0 Å². The molecule has 19 heavy (non-hydrogen) atoms.